The highest BCUT2D eigenvalue weighted by atomic mass is 15.5. The zero-order chi connectivity index (χ0) is 5.98. The van der Waals surface area contributed by atoms with Gasteiger partial charge in [-0.25, -0.2) is 0 Å². The third-order valence-corrected chi connectivity index (χ3v) is 0.955. The molecule has 1 rings (SSSR count). The van der Waals surface area contributed by atoms with Crippen LogP contribution in [0.15, 0.2) is 24.0 Å². The fraction of sp³-hybridized carbons (Fsp3) is 0.333. The van der Waals surface area contributed by atoms with Gasteiger partial charge >= 0.3 is 0 Å². The van der Waals surface area contributed by atoms with E-state index in [1.54, 1.807) is 5.01 Å². The lowest BCUT2D eigenvalue weighted by Gasteiger charge is -2.36. The minimum absolute atomic E-state index is 1.05. The van der Waals surface area contributed by atoms with E-state index < -0.39 is 0 Å². The van der Waals surface area contributed by atoms with Crippen molar-refractivity contribution in [3.8, 4) is 0 Å². The van der Waals surface area contributed by atoms with Crippen LogP contribution in [0, 0.1) is 0 Å². The lowest BCUT2D eigenvalue weighted by molar-refractivity contribution is 0.578. The van der Waals surface area contributed by atoms with Crippen LogP contribution < -0.4 is 0 Å². The predicted molar refractivity (Wildman–Crippen MR) is 34.0 cm³/mol. The molecule has 2 heteroatoms. The molecule has 2 nitrogen and oxygen atoms in total. The van der Waals surface area contributed by atoms with Gasteiger partial charge in [-0.1, -0.05) is 13.0 Å². The van der Waals surface area contributed by atoms with Crippen molar-refractivity contribution >= 4 is 0 Å². The van der Waals surface area contributed by atoms with Crippen molar-refractivity contribution in [2.45, 2.75) is 6.92 Å². The standard InChI is InChI=1S/C6H9N2/c1-6-4-3-5-8(2)7-6/h3-5H,1-2H3/q-1. The molecule has 44 valence electrons. The highest BCUT2D eigenvalue weighted by Crippen LogP contribution is 2.11. The predicted octanol–water partition coefficient (Wildman–Crippen LogP) is 1.64. The molecule has 1 aliphatic heterocycles. The van der Waals surface area contributed by atoms with E-state index in [9.17, 15) is 0 Å². The minimum Gasteiger partial charge on any atom is -0.599 e. The van der Waals surface area contributed by atoms with Gasteiger partial charge in [-0.05, 0) is 19.3 Å². The quantitative estimate of drug-likeness (QED) is 0.462. The second kappa shape index (κ2) is 1.90. The van der Waals surface area contributed by atoms with E-state index in [2.05, 4.69) is 5.43 Å². The summed E-state index contributed by atoms with van der Waals surface area (Å²) in [6.07, 6.45) is 5.86. The Balaban J connectivity index is 2.59. The smallest absolute Gasteiger partial charge is 0.00913 e. The molecule has 1 heterocycles. The van der Waals surface area contributed by atoms with E-state index in [-0.39, 0.29) is 0 Å². The Bertz CT molecular complexity index is 135. The molecule has 0 aliphatic carbocycles. The Kier molecular flexibility index (Phi) is 1.24. The van der Waals surface area contributed by atoms with Crippen molar-refractivity contribution in [1.29, 1.82) is 0 Å². The summed E-state index contributed by atoms with van der Waals surface area (Å²) in [5.74, 6) is 0. The fourth-order valence-electron chi connectivity index (χ4n) is 0.622. The number of allylic oxidation sites excluding steroid dienone is 3. The molecule has 0 atom stereocenters. The Morgan fingerprint density at radius 2 is 2.38 bits per heavy atom. The Hall–Kier alpha value is -0.920. The van der Waals surface area contributed by atoms with Gasteiger partial charge in [0.15, 0.2) is 0 Å². The molecule has 0 radical (unpaired) electrons. The molecule has 0 aromatic carbocycles. The molecular weight excluding hydrogens is 100 g/mol. The van der Waals surface area contributed by atoms with E-state index in [0.29, 0.717) is 0 Å². The van der Waals surface area contributed by atoms with Crippen LogP contribution >= 0.6 is 0 Å². The van der Waals surface area contributed by atoms with Crippen LogP contribution in [-0.4, -0.2) is 12.1 Å². The van der Waals surface area contributed by atoms with Crippen LogP contribution in [-0.2, 0) is 0 Å². The molecule has 0 amide bonds. The van der Waals surface area contributed by atoms with E-state index in [4.69, 9.17) is 0 Å². The van der Waals surface area contributed by atoms with Gasteiger partial charge in [0, 0.05) is 0 Å². The van der Waals surface area contributed by atoms with Gasteiger partial charge in [-0.15, -0.1) is 0 Å². The van der Waals surface area contributed by atoms with Crippen LogP contribution in [0.4, 0.5) is 0 Å². The maximum absolute atomic E-state index is 4.09. The SMILES string of the molecule is CC1=CC=CN(C)[N-]1. The van der Waals surface area contributed by atoms with Gasteiger partial charge in [-0.2, -0.15) is 5.70 Å². The highest BCUT2D eigenvalue weighted by molar-refractivity contribution is 5.23. The number of hydrogen-bond acceptors (Lipinski definition) is 1. The van der Waals surface area contributed by atoms with Gasteiger partial charge in [0.25, 0.3) is 0 Å². The molecule has 0 N–H and O–H groups in total. The van der Waals surface area contributed by atoms with Crippen molar-refractivity contribution in [1.82, 2.24) is 5.01 Å². The van der Waals surface area contributed by atoms with E-state index in [1.165, 1.54) is 0 Å². The van der Waals surface area contributed by atoms with Crippen LogP contribution in [0.2, 0.25) is 0 Å². The van der Waals surface area contributed by atoms with Crippen LogP contribution in [0.3, 0.4) is 0 Å². The third kappa shape index (κ3) is 1.03. The molecule has 8 heavy (non-hydrogen) atoms. The third-order valence-electron chi connectivity index (χ3n) is 0.955. The summed E-state index contributed by atoms with van der Waals surface area (Å²) >= 11 is 0. The largest absolute Gasteiger partial charge is 0.599 e. The first kappa shape index (κ1) is 5.22. The minimum atomic E-state index is 1.05. The number of nitrogens with zero attached hydrogens (tertiary/aromatic N) is 2. The lowest BCUT2D eigenvalue weighted by atomic mass is 10.4. The Labute approximate surface area is 49.5 Å². The summed E-state index contributed by atoms with van der Waals surface area (Å²) in [6.45, 7) is 1.97. The van der Waals surface area contributed by atoms with Gasteiger partial charge in [0.1, 0.15) is 0 Å². The Morgan fingerprint density at radius 1 is 1.62 bits per heavy atom. The lowest BCUT2D eigenvalue weighted by Crippen LogP contribution is -2.05. The maximum Gasteiger partial charge on any atom is -0.00913 e. The first-order valence-corrected chi connectivity index (χ1v) is 2.58. The van der Waals surface area contributed by atoms with E-state index in [1.807, 2.05) is 32.3 Å². The summed E-state index contributed by atoms with van der Waals surface area (Å²) in [5.41, 5.74) is 5.14. The van der Waals surface area contributed by atoms with Crippen LogP contribution in [0.5, 0.6) is 0 Å². The van der Waals surface area contributed by atoms with Crippen molar-refractivity contribution in [3.63, 3.8) is 0 Å². The van der Waals surface area contributed by atoms with E-state index >= 15 is 0 Å². The molecule has 0 aromatic rings. The normalized spacial score (nSPS) is 17.8. The first-order chi connectivity index (χ1) is 3.79. The topological polar surface area (TPSA) is 17.3 Å². The molecular formula is C6H9N2-. The fourth-order valence-corrected chi connectivity index (χ4v) is 0.622. The van der Waals surface area contributed by atoms with Crippen molar-refractivity contribution < 1.29 is 0 Å². The van der Waals surface area contributed by atoms with Gasteiger partial charge < -0.3 is 10.4 Å². The second-order valence-corrected chi connectivity index (χ2v) is 1.82. The summed E-state index contributed by atoms with van der Waals surface area (Å²) in [5, 5.41) is 1.79. The van der Waals surface area contributed by atoms with Crippen molar-refractivity contribution in [2.24, 2.45) is 0 Å². The zero-order valence-electron chi connectivity index (χ0n) is 5.13. The average Bonchev–Trinajstić information content (AvgIpc) is 1.64. The summed E-state index contributed by atoms with van der Waals surface area (Å²) in [7, 11) is 1.91. The van der Waals surface area contributed by atoms with Gasteiger partial charge in [0.05, 0.1) is 0 Å². The van der Waals surface area contributed by atoms with Crippen LogP contribution in [0.25, 0.3) is 5.43 Å². The second-order valence-electron chi connectivity index (χ2n) is 1.82. The first-order valence-electron chi connectivity index (χ1n) is 2.58. The molecule has 0 saturated carbocycles. The number of hydrogen-bond donors (Lipinski definition) is 0. The van der Waals surface area contributed by atoms with Crippen LogP contribution in [0.1, 0.15) is 6.92 Å². The molecule has 0 unspecified atom stereocenters. The Morgan fingerprint density at radius 3 is 2.75 bits per heavy atom. The van der Waals surface area contributed by atoms with E-state index in [0.717, 1.165) is 5.70 Å². The molecule has 0 bridgehead atoms. The number of rotatable bonds is 0. The summed E-state index contributed by atoms with van der Waals surface area (Å²) < 4.78 is 0. The molecule has 0 fully saturated rings. The molecule has 0 spiro atoms. The summed E-state index contributed by atoms with van der Waals surface area (Å²) in [6, 6.07) is 0. The van der Waals surface area contributed by atoms with Crippen molar-refractivity contribution in [3.05, 3.63) is 29.5 Å². The molecule has 1 aliphatic rings. The van der Waals surface area contributed by atoms with Gasteiger partial charge in [0.2, 0.25) is 0 Å². The zero-order valence-corrected chi connectivity index (χ0v) is 5.13. The monoisotopic (exact) mass is 109 g/mol. The average molecular weight is 109 g/mol. The van der Waals surface area contributed by atoms with Gasteiger partial charge in [-0.3, -0.25) is 0 Å². The van der Waals surface area contributed by atoms with Crippen molar-refractivity contribution in [2.75, 3.05) is 7.05 Å². The maximum atomic E-state index is 4.09. The summed E-state index contributed by atoms with van der Waals surface area (Å²) in [4.78, 5) is 0. The molecule has 0 saturated heterocycles. The highest BCUT2D eigenvalue weighted by Gasteiger charge is 1.79. The molecule has 0 aromatic heterocycles.